The van der Waals surface area contributed by atoms with E-state index in [9.17, 15) is 14.4 Å². The Hall–Kier alpha value is -2.84. The Balaban J connectivity index is 2.11. The van der Waals surface area contributed by atoms with Crippen LogP contribution in [0.4, 0.5) is 15.3 Å². The van der Waals surface area contributed by atoms with E-state index < -0.39 is 23.8 Å². The fourth-order valence-corrected chi connectivity index (χ4v) is 2.95. The Morgan fingerprint density at radius 2 is 1.93 bits per heavy atom. The van der Waals surface area contributed by atoms with E-state index in [0.717, 1.165) is 0 Å². The zero-order valence-corrected chi connectivity index (χ0v) is 17.8. The first-order chi connectivity index (χ1) is 13.6. The van der Waals surface area contributed by atoms with Crippen molar-refractivity contribution in [2.24, 2.45) is 5.92 Å². The van der Waals surface area contributed by atoms with Crippen molar-refractivity contribution in [3.8, 4) is 0 Å². The van der Waals surface area contributed by atoms with Crippen LogP contribution in [-0.2, 0) is 9.53 Å². The molecule has 1 aromatic rings. The highest BCUT2D eigenvalue weighted by atomic mass is 16.6. The molecule has 1 saturated heterocycles. The number of pyridine rings is 1. The van der Waals surface area contributed by atoms with Gasteiger partial charge >= 0.3 is 12.1 Å². The van der Waals surface area contributed by atoms with Crippen molar-refractivity contribution in [1.82, 2.24) is 20.3 Å². The van der Waals surface area contributed by atoms with Gasteiger partial charge < -0.3 is 15.4 Å². The topological polar surface area (TPSA) is 104 Å². The quantitative estimate of drug-likeness (QED) is 0.784. The van der Waals surface area contributed by atoms with Gasteiger partial charge in [0, 0.05) is 19.3 Å². The van der Waals surface area contributed by atoms with Crippen LogP contribution in [0.5, 0.6) is 0 Å². The Morgan fingerprint density at radius 3 is 2.52 bits per heavy atom. The molecule has 1 aliphatic rings. The van der Waals surface area contributed by atoms with Crippen LogP contribution in [0.15, 0.2) is 24.5 Å². The van der Waals surface area contributed by atoms with E-state index in [0.29, 0.717) is 31.6 Å². The van der Waals surface area contributed by atoms with Gasteiger partial charge in [-0.3, -0.25) is 9.78 Å². The summed E-state index contributed by atoms with van der Waals surface area (Å²) in [7, 11) is 0. The zero-order chi connectivity index (χ0) is 21.6. The molecule has 2 N–H and O–H groups in total. The number of hydrazine groups is 1. The highest BCUT2D eigenvalue weighted by molar-refractivity contribution is 5.93. The van der Waals surface area contributed by atoms with Gasteiger partial charge in [-0.25, -0.2) is 19.6 Å². The summed E-state index contributed by atoms with van der Waals surface area (Å²) in [5.41, 5.74) is -0.127. The number of alkyl carbamates (subject to hydrolysis) is 1. The molecule has 0 aromatic carbocycles. The van der Waals surface area contributed by atoms with Crippen molar-refractivity contribution in [1.29, 1.82) is 0 Å². The molecule has 1 aromatic heterocycles. The van der Waals surface area contributed by atoms with Gasteiger partial charge in [0.1, 0.15) is 11.6 Å². The van der Waals surface area contributed by atoms with Gasteiger partial charge in [-0.1, -0.05) is 20.3 Å². The molecule has 2 atom stereocenters. The highest BCUT2D eigenvalue weighted by Gasteiger charge is 2.38. The van der Waals surface area contributed by atoms with Crippen molar-refractivity contribution in [2.75, 3.05) is 18.4 Å². The molecule has 4 amide bonds. The molecule has 1 fully saturated rings. The molecule has 160 valence electrons. The predicted octanol–water partition coefficient (Wildman–Crippen LogP) is 3.00. The zero-order valence-electron chi connectivity index (χ0n) is 17.8. The molecule has 9 heteroatoms. The Labute approximate surface area is 171 Å². The lowest BCUT2D eigenvalue weighted by atomic mass is 9.98. The Kier molecular flexibility index (Phi) is 7.41. The average molecular weight is 405 g/mol. The standard InChI is InChI=1S/C20H31N5O4/c1-6-14(2)16(23-19(28)29-20(3,4)5)17(26)24-11-8-12-25(24)18(27)22-15-9-7-10-21-13-15/h7,9-10,13-14,16H,6,8,11-12H2,1-5H3,(H,22,27)(H,23,28). The number of hydrogen-bond acceptors (Lipinski definition) is 5. The van der Waals surface area contributed by atoms with Crippen molar-refractivity contribution in [3.05, 3.63) is 24.5 Å². The lowest BCUT2D eigenvalue weighted by molar-refractivity contribution is -0.143. The number of carbonyl (C=O) groups is 3. The number of hydrogen-bond donors (Lipinski definition) is 2. The van der Waals surface area contributed by atoms with Crippen molar-refractivity contribution in [3.63, 3.8) is 0 Å². The van der Waals surface area contributed by atoms with Crippen LogP contribution in [0.2, 0.25) is 0 Å². The van der Waals surface area contributed by atoms with Gasteiger partial charge in [0.15, 0.2) is 0 Å². The van der Waals surface area contributed by atoms with Gasteiger partial charge in [0.25, 0.3) is 5.91 Å². The molecule has 0 spiro atoms. The fourth-order valence-electron chi connectivity index (χ4n) is 2.95. The van der Waals surface area contributed by atoms with E-state index in [1.807, 2.05) is 13.8 Å². The van der Waals surface area contributed by atoms with Crippen LogP contribution in [0, 0.1) is 5.92 Å². The van der Waals surface area contributed by atoms with Gasteiger partial charge in [-0.05, 0) is 45.2 Å². The SMILES string of the molecule is CCC(C)C(NC(=O)OC(C)(C)C)C(=O)N1CCCN1C(=O)Nc1cccnc1. The first kappa shape index (κ1) is 22.4. The van der Waals surface area contributed by atoms with Gasteiger partial charge in [0.2, 0.25) is 0 Å². The first-order valence-corrected chi connectivity index (χ1v) is 9.91. The van der Waals surface area contributed by atoms with E-state index >= 15 is 0 Å². The minimum atomic E-state index is -0.790. The number of aromatic nitrogens is 1. The Bertz CT molecular complexity index is 719. The third kappa shape index (κ3) is 6.33. The van der Waals surface area contributed by atoms with Crippen LogP contribution in [0.25, 0.3) is 0 Å². The molecular weight excluding hydrogens is 374 g/mol. The van der Waals surface area contributed by atoms with Crippen LogP contribution in [0.3, 0.4) is 0 Å². The second-order valence-electron chi connectivity index (χ2n) is 8.12. The van der Waals surface area contributed by atoms with Crippen LogP contribution >= 0.6 is 0 Å². The van der Waals surface area contributed by atoms with Gasteiger partial charge in [-0.2, -0.15) is 0 Å². The maximum atomic E-state index is 13.2. The summed E-state index contributed by atoms with van der Waals surface area (Å²) < 4.78 is 5.31. The van der Waals surface area contributed by atoms with E-state index in [-0.39, 0.29) is 11.8 Å². The number of urea groups is 1. The molecule has 0 saturated carbocycles. The summed E-state index contributed by atoms with van der Waals surface area (Å²) in [5, 5.41) is 8.21. The highest BCUT2D eigenvalue weighted by Crippen LogP contribution is 2.19. The molecule has 2 unspecified atom stereocenters. The second-order valence-corrected chi connectivity index (χ2v) is 8.12. The normalized spacial score (nSPS) is 16.2. The number of nitrogens with one attached hydrogen (secondary N) is 2. The van der Waals surface area contributed by atoms with E-state index in [1.165, 1.54) is 16.2 Å². The van der Waals surface area contributed by atoms with Crippen LogP contribution in [-0.4, -0.2) is 57.8 Å². The number of nitrogens with zero attached hydrogens (tertiary/aromatic N) is 3. The number of ether oxygens (including phenoxy) is 1. The summed E-state index contributed by atoms with van der Waals surface area (Å²) >= 11 is 0. The molecule has 2 heterocycles. The smallest absolute Gasteiger partial charge is 0.408 e. The number of rotatable bonds is 5. The lowest BCUT2D eigenvalue weighted by Gasteiger charge is -2.33. The molecule has 0 aliphatic carbocycles. The summed E-state index contributed by atoms with van der Waals surface area (Å²) in [6, 6.07) is 2.23. The summed E-state index contributed by atoms with van der Waals surface area (Å²) in [4.78, 5) is 42.1. The predicted molar refractivity (Wildman–Crippen MR) is 109 cm³/mol. The fraction of sp³-hybridized carbons (Fsp3) is 0.600. The monoisotopic (exact) mass is 405 g/mol. The second kappa shape index (κ2) is 9.58. The van der Waals surface area contributed by atoms with Crippen molar-refractivity contribution < 1.29 is 19.1 Å². The van der Waals surface area contributed by atoms with Gasteiger partial charge in [0.05, 0.1) is 11.9 Å². The van der Waals surface area contributed by atoms with Crippen molar-refractivity contribution >= 4 is 23.7 Å². The number of anilines is 1. The Morgan fingerprint density at radius 1 is 1.24 bits per heavy atom. The van der Waals surface area contributed by atoms with Crippen LogP contribution < -0.4 is 10.6 Å². The third-order valence-corrected chi connectivity index (χ3v) is 4.58. The lowest BCUT2D eigenvalue weighted by Crippen LogP contribution is -2.56. The number of carbonyl (C=O) groups excluding carboxylic acids is 3. The summed E-state index contributed by atoms with van der Waals surface area (Å²) in [6.07, 6.45) is 3.84. The third-order valence-electron chi connectivity index (χ3n) is 4.58. The molecule has 1 aliphatic heterocycles. The average Bonchev–Trinajstić information content (AvgIpc) is 3.14. The van der Waals surface area contributed by atoms with Gasteiger partial charge in [-0.15, -0.1) is 0 Å². The molecular formula is C20H31N5O4. The molecule has 0 radical (unpaired) electrons. The van der Waals surface area contributed by atoms with E-state index in [2.05, 4.69) is 15.6 Å². The molecule has 0 bridgehead atoms. The maximum absolute atomic E-state index is 13.2. The minimum absolute atomic E-state index is 0.126. The molecule has 9 nitrogen and oxygen atoms in total. The summed E-state index contributed by atoms with van der Waals surface area (Å²) in [6.45, 7) is 9.93. The van der Waals surface area contributed by atoms with E-state index in [1.54, 1.807) is 39.1 Å². The molecule has 29 heavy (non-hydrogen) atoms. The van der Waals surface area contributed by atoms with Crippen molar-refractivity contribution in [2.45, 2.75) is 59.1 Å². The summed E-state index contributed by atoms with van der Waals surface area (Å²) in [5.74, 6) is -0.456. The maximum Gasteiger partial charge on any atom is 0.408 e. The number of amides is 4. The van der Waals surface area contributed by atoms with Crippen LogP contribution in [0.1, 0.15) is 47.5 Å². The largest absolute Gasteiger partial charge is 0.444 e. The van der Waals surface area contributed by atoms with E-state index in [4.69, 9.17) is 4.74 Å². The minimum Gasteiger partial charge on any atom is -0.444 e. The first-order valence-electron chi connectivity index (χ1n) is 9.91. The molecule has 2 rings (SSSR count).